The number of carbonyl (C=O) groups excluding carboxylic acids is 3. The lowest BCUT2D eigenvalue weighted by molar-refractivity contribution is -0.139. The summed E-state index contributed by atoms with van der Waals surface area (Å²) in [5, 5.41) is 5.42. The number of hydrogen-bond acceptors (Lipinski definition) is 5. The van der Waals surface area contributed by atoms with Crippen molar-refractivity contribution in [1.29, 1.82) is 0 Å². The molecule has 184 valence electrons. The molecular formula is C28H28N4O4. The van der Waals surface area contributed by atoms with Crippen LogP contribution in [0.15, 0.2) is 77.3 Å². The summed E-state index contributed by atoms with van der Waals surface area (Å²) in [6.07, 6.45) is 6.38. The highest BCUT2D eigenvalue weighted by atomic mass is 16.5. The first-order valence-corrected chi connectivity index (χ1v) is 12.2. The number of fused-ring (bicyclic) bond motifs is 1. The number of benzene rings is 2. The number of hydrazine groups is 1. The Morgan fingerprint density at radius 2 is 1.83 bits per heavy atom. The number of anilines is 1. The Morgan fingerprint density at radius 3 is 2.64 bits per heavy atom. The highest BCUT2D eigenvalue weighted by molar-refractivity contribution is 6.05. The second-order valence-corrected chi connectivity index (χ2v) is 9.23. The Labute approximate surface area is 209 Å². The second-order valence-electron chi connectivity index (χ2n) is 9.23. The Bertz CT molecular complexity index is 1300. The molecule has 8 heteroatoms. The number of aromatic nitrogens is 1. The molecule has 3 aromatic rings. The Balaban J connectivity index is 1.20. The van der Waals surface area contributed by atoms with Crippen LogP contribution in [0.5, 0.6) is 0 Å². The minimum atomic E-state index is -0.371. The minimum absolute atomic E-state index is 0.149. The van der Waals surface area contributed by atoms with Gasteiger partial charge in [0.25, 0.3) is 5.91 Å². The summed E-state index contributed by atoms with van der Waals surface area (Å²) in [5.74, 6) is -0.405. The van der Waals surface area contributed by atoms with E-state index in [0.29, 0.717) is 43.5 Å². The molecule has 2 heterocycles. The van der Waals surface area contributed by atoms with Crippen molar-refractivity contribution in [3.63, 3.8) is 0 Å². The standard InChI is InChI=1S/C28H28N4O4/c1-31(16-8-13-22-18-25(30-36-22)19-9-3-2-4-10-19)27(34)20-11-7-12-21(17-20)32-28(35)24-15-6-5-14-23(24)26(33)29-32/h2-7,9-12,17-18,23-24H,8,13-16H2,1H3,(H,29,33). The predicted molar refractivity (Wildman–Crippen MR) is 135 cm³/mol. The van der Waals surface area contributed by atoms with Gasteiger partial charge in [0.1, 0.15) is 11.5 Å². The first kappa shape index (κ1) is 23.5. The van der Waals surface area contributed by atoms with E-state index in [1.807, 2.05) is 48.6 Å². The number of nitrogens with one attached hydrogen (secondary N) is 1. The van der Waals surface area contributed by atoms with Crippen molar-refractivity contribution < 1.29 is 18.9 Å². The SMILES string of the molecule is CN(CCCc1cc(-c2ccccc2)no1)C(=O)c1cccc(N2NC(=O)C3CC=CCC3C2=O)c1. The molecule has 2 unspecified atom stereocenters. The van der Waals surface area contributed by atoms with Gasteiger partial charge in [-0.3, -0.25) is 19.8 Å². The van der Waals surface area contributed by atoms with E-state index in [4.69, 9.17) is 4.52 Å². The molecule has 1 aliphatic heterocycles. The maximum Gasteiger partial charge on any atom is 0.253 e. The van der Waals surface area contributed by atoms with Crippen LogP contribution >= 0.6 is 0 Å². The summed E-state index contributed by atoms with van der Waals surface area (Å²) in [6, 6.07) is 18.6. The summed E-state index contributed by atoms with van der Waals surface area (Å²) in [7, 11) is 1.75. The Kier molecular flexibility index (Phi) is 6.66. The fourth-order valence-electron chi connectivity index (χ4n) is 4.75. The number of amides is 3. The second kappa shape index (κ2) is 10.2. The molecule has 8 nitrogen and oxygen atoms in total. The Hall–Kier alpha value is -4.20. The van der Waals surface area contributed by atoms with Gasteiger partial charge in [0.15, 0.2) is 0 Å². The molecule has 1 fully saturated rings. The van der Waals surface area contributed by atoms with Crippen molar-refractivity contribution in [2.24, 2.45) is 11.8 Å². The summed E-state index contributed by atoms with van der Waals surface area (Å²) in [6.45, 7) is 0.528. The van der Waals surface area contributed by atoms with Crippen molar-refractivity contribution >= 4 is 23.4 Å². The molecule has 0 saturated carbocycles. The zero-order valence-electron chi connectivity index (χ0n) is 20.1. The van der Waals surface area contributed by atoms with E-state index in [2.05, 4.69) is 10.6 Å². The minimum Gasteiger partial charge on any atom is -0.361 e. The van der Waals surface area contributed by atoms with Gasteiger partial charge < -0.3 is 9.42 Å². The highest BCUT2D eigenvalue weighted by Crippen LogP contribution is 2.32. The predicted octanol–water partition coefficient (Wildman–Crippen LogP) is 4.01. The first-order valence-electron chi connectivity index (χ1n) is 12.2. The van der Waals surface area contributed by atoms with Gasteiger partial charge in [-0.15, -0.1) is 0 Å². The van der Waals surface area contributed by atoms with E-state index in [1.165, 1.54) is 5.01 Å². The van der Waals surface area contributed by atoms with Crippen LogP contribution in [0.1, 0.15) is 35.4 Å². The van der Waals surface area contributed by atoms with Crippen LogP contribution in [-0.4, -0.2) is 41.4 Å². The fraction of sp³-hybridized carbons (Fsp3) is 0.286. The van der Waals surface area contributed by atoms with Crippen LogP contribution < -0.4 is 10.4 Å². The van der Waals surface area contributed by atoms with E-state index in [-0.39, 0.29) is 29.6 Å². The molecule has 2 aromatic carbocycles. The van der Waals surface area contributed by atoms with Crippen molar-refractivity contribution in [3.8, 4) is 11.3 Å². The van der Waals surface area contributed by atoms with Crippen molar-refractivity contribution in [3.05, 3.63) is 84.1 Å². The Morgan fingerprint density at radius 1 is 1.06 bits per heavy atom. The molecule has 0 spiro atoms. The quantitative estimate of drug-likeness (QED) is 0.512. The van der Waals surface area contributed by atoms with E-state index >= 15 is 0 Å². The summed E-state index contributed by atoms with van der Waals surface area (Å²) in [4.78, 5) is 40.4. The molecule has 1 saturated heterocycles. The number of rotatable bonds is 7. The average molecular weight is 485 g/mol. The monoisotopic (exact) mass is 484 g/mol. The van der Waals surface area contributed by atoms with E-state index in [1.54, 1.807) is 36.2 Å². The van der Waals surface area contributed by atoms with Crippen molar-refractivity contribution in [2.75, 3.05) is 18.6 Å². The largest absolute Gasteiger partial charge is 0.361 e. The summed E-state index contributed by atoms with van der Waals surface area (Å²) < 4.78 is 5.46. The van der Waals surface area contributed by atoms with Gasteiger partial charge in [-0.2, -0.15) is 0 Å². The molecule has 3 amide bonds. The molecule has 1 aliphatic carbocycles. The molecule has 0 bridgehead atoms. The van der Waals surface area contributed by atoms with Crippen LogP contribution in [0, 0.1) is 11.8 Å². The number of aryl methyl sites for hydroxylation is 1. The number of nitrogens with zero attached hydrogens (tertiary/aromatic N) is 3. The maximum absolute atomic E-state index is 13.1. The topological polar surface area (TPSA) is 95.8 Å². The van der Waals surface area contributed by atoms with Crippen LogP contribution in [0.2, 0.25) is 0 Å². The number of allylic oxidation sites excluding steroid dienone is 2. The molecule has 2 aliphatic rings. The lowest BCUT2D eigenvalue weighted by atomic mass is 9.80. The van der Waals surface area contributed by atoms with Gasteiger partial charge in [0.05, 0.1) is 17.5 Å². The van der Waals surface area contributed by atoms with Crippen molar-refractivity contribution in [1.82, 2.24) is 15.5 Å². The molecule has 1 N–H and O–H groups in total. The zero-order chi connectivity index (χ0) is 25.1. The van der Waals surface area contributed by atoms with Crippen LogP contribution in [-0.2, 0) is 16.0 Å². The normalized spacial score (nSPS) is 19.1. The third-order valence-electron chi connectivity index (χ3n) is 6.77. The van der Waals surface area contributed by atoms with E-state index in [0.717, 1.165) is 17.0 Å². The first-order chi connectivity index (χ1) is 17.5. The fourth-order valence-corrected chi connectivity index (χ4v) is 4.75. The zero-order valence-corrected chi connectivity index (χ0v) is 20.1. The van der Waals surface area contributed by atoms with E-state index in [9.17, 15) is 14.4 Å². The smallest absolute Gasteiger partial charge is 0.253 e. The lowest BCUT2D eigenvalue weighted by Gasteiger charge is -2.38. The van der Waals surface area contributed by atoms with Crippen LogP contribution in [0.25, 0.3) is 11.3 Å². The maximum atomic E-state index is 13.1. The molecule has 5 rings (SSSR count). The summed E-state index contributed by atoms with van der Waals surface area (Å²) >= 11 is 0. The highest BCUT2D eigenvalue weighted by Gasteiger charge is 2.42. The van der Waals surface area contributed by atoms with Crippen molar-refractivity contribution in [2.45, 2.75) is 25.7 Å². The third-order valence-corrected chi connectivity index (χ3v) is 6.77. The number of carbonyl (C=O) groups is 3. The van der Waals surface area contributed by atoms with Crippen LogP contribution in [0.4, 0.5) is 5.69 Å². The van der Waals surface area contributed by atoms with Gasteiger partial charge in [0.2, 0.25) is 11.8 Å². The van der Waals surface area contributed by atoms with Gasteiger partial charge in [-0.1, -0.05) is 53.7 Å². The van der Waals surface area contributed by atoms with Gasteiger partial charge in [-0.25, -0.2) is 5.01 Å². The molecular weight excluding hydrogens is 456 g/mol. The van der Waals surface area contributed by atoms with Crippen LogP contribution in [0.3, 0.4) is 0 Å². The summed E-state index contributed by atoms with van der Waals surface area (Å²) in [5.41, 5.74) is 5.44. The van der Waals surface area contributed by atoms with E-state index < -0.39 is 0 Å². The average Bonchev–Trinajstić information content (AvgIpc) is 3.40. The number of hydrogen-bond donors (Lipinski definition) is 1. The molecule has 0 radical (unpaired) electrons. The molecule has 1 aromatic heterocycles. The third kappa shape index (κ3) is 4.79. The van der Waals surface area contributed by atoms with Gasteiger partial charge in [0, 0.05) is 37.2 Å². The van der Waals surface area contributed by atoms with Gasteiger partial charge in [-0.05, 0) is 37.5 Å². The molecule has 2 atom stereocenters. The molecule has 36 heavy (non-hydrogen) atoms. The lowest BCUT2D eigenvalue weighted by Crippen LogP contribution is -2.59. The van der Waals surface area contributed by atoms with Gasteiger partial charge >= 0.3 is 0 Å².